The van der Waals surface area contributed by atoms with Gasteiger partial charge in [-0.05, 0) is 46.2 Å². The molecule has 0 bridgehead atoms. The van der Waals surface area contributed by atoms with E-state index in [2.05, 4.69) is 11.4 Å². The molecule has 0 atom stereocenters. The Bertz CT molecular complexity index is 243. The van der Waals surface area contributed by atoms with Crippen LogP contribution in [-0.2, 0) is 4.79 Å². The summed E-state index contributed by atoms with van der Waals surface area (Å²) in [5.41, 5.74) is 4.82. The minimum atomic E-state index is -0.238. The Labute approximate surface area is 98.2 Å². The predicted octanol–water partition coefficient (Wildman–Crippen LogP) is 1.56. The molecule has 0 rings (SSSR count). The molecule has 0 aromatic heterocycles. The molecule has 0 heterocycles. The maximum absolute atomic E-state index is 10.4. The lowest BCUT2D eigenvalue weighted by Gasteiger charge is -2.14. The number of nitrogens with zero attached hydrogens (tertiary/aromatic N) is 1. The topological polar surface area (TPSA) is 78.9 Å². The molecule has 0 radical (unpaired) electrons. The second-order valence-electron chi connectivity index (χ2n) is 4.77. The Morgan fingerprint density at radius 3 is 2.50 bits per heavy atom. The number of nitriles is 1. The third-order valence-electron chi connectivity index (χ3n) is 2.48. The summed E-state index contributed by atoms with van der Waals surface area (Å²) in [4.78, 5) is 10.4. The molecule has 4 heteroatoms. The summed E-state index contributed by atoms with van der Waals surface area (Å²) >= 11 is 0. The second-order valence-corrected chi connectivity index (χ2v) is 4.77. The lowest BCUT2D eigenvalue weighted by Crippen LogP contribution is -2.19. The Balaban J connectivity index is 3.23. The first-order valence-corrected chi connectivity index (χ1v) is 5.88. The Morgan fingerprint density at radius 1 is 1.31 bits per heavy atom. The van der Waals surface area contributed by atoms with Gasteiger partial charge in [-0.3, -0.25) is 4.79 Å². The van der Waals surface area contributed by atoms with Crippen LogP contribution >= 0.6 is 0 Å². The molecular weight excluding hydrogens is 202 g/mol. The van der Waals surface area contributed by atoms with Crippen LogP contribution < -0.4 is 11.1 Å². The summed E-state index contributed by atoms with van der Waals surface area (Å²) in [7, 11) is 0. The van der Waals surface area contributed by atoms with Crippen molar-refractivity contribution in [2.75, 3.05) is 13.1 Å². The van der Waals surface area contributed by atoms with Gasteiger partial charge in [0.15, 0.2) is 0 Å². The van der Waals surface area contributed by atoms with Crippen molar-refractivity contribution in [1.29, 1.82) is 5.26 Å². The third kappa shape index (κ3) is 9.47. The van der Waals surface area contributed by atoms with Crippen LogP contribution in [0.15, 0.2) is 0 Å². The van der Waals surface area contributed by atoms with Gasteiger partial charge in [0, 0.05) is 6.42 Å². The molecule has 0 aliphatic heterocycles. The number of amides is 1. The molecule has 92 valence electrons. The zero-order chi connectivity index (χ0) is 12.4. The highest BCUT2D eigenvalue weighted by Crippen LogP contribution is 2.21. The molecule has 0 fully saturated rings. The van der Waals surface area contributed by atoms with Gasteiger partial charge in [-0.1, -0.05) is 6.42 Å². The first kappa shape index (κ1) is 14.9. The number of rotatable bonds is 9. The molecule has 0 spiro atoms. The first-order chi connectivity index (χ1) is 7.48. The van der Waals surface area contributed by atoms with Gasteiger partial charge in [-0.25, -0.2) is 0 Å². The van der Waals surface area contributed by atoms with Gasteiger partial charge in [0.2, 0.25) is 5.91 Å². The van der Waals surface area contributed by atoms with Gasteiger partial charge in [0.25, 0.3) is 0 Å². The summed E-state index contributed by atoms with van der Waals surface area (Å²) in [5, 5.41) is 12.1. The van der Waals surface area contributed by atoms with Crippen molar-refractivity contribution in [2.45, 2.75) is 46.0 Å². The van der Waals surface area contributed by atoms with Crippen molar-refractivity contribution in [3.63, 3.8) is 0 Å². The van der Waals surface area contributed by atoms with E-state index >= 15 is 0 Å². The van der Waals surface area contributed by atoms with Gasteiger partial charge >= 0.3 is 0 Å². The summed E-state index contributed by atoms with van der Waals surface area (Å²) in [6, 6.07) is 2.29. The summed E-state index contributed by atoms with van der Waals surface area (Å²) < 4.78 is 0. The van der Waals surface area contributed by atoms with Gasteiger partial charge < -0.3 is 11.1 Å². The summed E-state index contributed by atoms with van der Waals surface area (Å²) in [6.07, 6.45) is 4.32. The molecular formula is C12H23N3O. The maximum Gasteiger partial charge on any atom is 0.217 e. The molecule has 0 saturated heterocycles. The summed E-state index contributed by atoms with van der Waals surface area (Å²) in [5.74, 6) is -0.238. The highest BCUT2D eigenvalue weighted by atomic mass is 16.1. The monoisotopic (exact) mass is 225 g/mol. The highest BCUT2D eigenvalue weighted by molar-refractivity contribution is 5.73. The van der Waals surface area contributed by atoms with Crippen LogP contribution in [0.4, 0.5) is 0 Å². The number of primary amides is 1. The highest BCUT2D eigenvalue weighted by Gasteiger charge is 2.14. The molecule has 0 aliphatic rings. The minimum Gasteiger partial charge on any atom is -0.370 e. The standard InChI is InChI=1S/C12H23N3O/c1-12(2,10-13)7-3-4-8-15-9-5-6-11(14)16/h15H,3-9H2,1-2H3,(H2,14,16). The average molecular weight is 225 g/mol. The second kappa shape index (κ2) is 8.12. The van der Waals surface area contributed by atoms with Gasteiger partial charge in [-0.15, -0.1) is 0 Å². The Hall–Kier alpha value is -1.08. The van der Waals surface area contributed by atoms with Gasteiger partial charge in [0.05, 0.1) is 11.5 Å². The van der Waals surface area contributed by atoms with Crippen LogP contribution in [0.1, 0.15) is 46.0 Å². The van der Waals surface area contributed by atoms with Crippen LogP contribution in [0.2, 0.25) is 0 Å². The Morgan fingerprint density at radius 2 is 1.94 bits per heavy atom. The van der Waals surface area contributed by atoms with E-state index < -0.39 is 0 Å². The number of nitrogens with two attached hydrogens (primary N) is 1. The van der Waals surface area contributed by atoms with E-state index in [1.807, 2.05) is 13.8 Å². The molecule has 16 heavy (non-hydrogen) atoms. The van der Waals surface area contributed by atoms with Crippen molar-refractivity contribution in [3.8, 4) is 6.07 Å². The van der Waals surface area contributed by atoms with E-state index in [9.17, 15) is 4.79 Å². The fourth-order valence-corrected chi connectivity index (χ4v) is 1.39. The molecule has 0 unspecified atom stereocenters. The Kier molecular flexibility index (Phi) is 7.57. The largest absolute Gasteiger partial charge is 0.370 e. The molecule has 0 aromatic carbocycles. The first-order valence-electron chi connectivity index (χ1n) is 5.88. The number of hydrogen-bond donors (Lipinski definition) is 2. The third-order valence-corrected chi connectivity index (χ3v) is 2.48. The average Bonchev–Trinajstić information content (AvgIpc) is 2.21. The molecule has 1 amide bonds. The molecule has 4 nitrogen and oxygen atoms in total. The number of nitrogens with one attached hydrogen (secondary N) is 1. The SMILES string of the molecule is CC(C)(C#N)CCCCNCCCC(N)=O. The van der Waals surface area contributed by atoms with E-state index in [1.54, 1.807) is 0 Å². The maximum atomic E-state index is 10.4. The van der Waals surface area contributed by atoms with Crippen LogP contribution in [0.3, 0.4) is 0 Å². The summed E-state index contributed by atoms with van der Waals surface area (Å²) in [6.45, 7) is 5.71. The van der Waals surface area contributed by atoms with Crippen LogP contribution in [0, 0.1) is 16.7 Å². The van der Waals surface area contributed by atoms with Crippen molar-refractivity contribution in [2.24, 2.45) is 11.1 Å². The van der Waals surface area contributed by atoms with Gasteiger partial charge in [-0.2, -0.15) is 5.26 Å². The van der Waals surface area contributed by atoms with Gasteiger partial charge in [0.1, 0.15) is 0 Å². The van der Waals surface area contributed by atoms with E-state index in [0.717, 1.165) is 38.8 Å². The number of carbonyl (C=O) groups is 1. The lowest BCUT2D eigenvalue weighted by atomic mass is 9.89. The quantitative estimate of drug-likeness (QED) is 0.584. The minimum absolute atomic E-state index is 0.202. The fraction of sp³-hybridized carbons (Fsp3) is 0.833. The number of carbonyl (C=O) groups excluding carboxylic acids is 1. The van der Waals surface area contributed by atoms with Crippen molar-refractivity contribution in [3.05, 3.63) is 0 Å². The number of unbranched alkanes of at least 4 members (excludes halogenated alkanes) is 1. The van der Waals surface area contributed by atoms with Crippen LogP contribution in [0.5, 0.6) is 0 Å². The van der Waals surface area contributed by atoms with Crippen molar-refractivity contribution >= 4 is 5.91 Å². The fourth-order valence-electron chi connectivity index (χ4n) is 1.39. The van der Waals surface area contributed by atoms with Crippen LogP contribution in [-0.4, -0.2) is 19.0 Å². The van der Waals surface area contributed by atoms with E-state index in [-0.39, 0.29) is 11.3 Å². The lowest BCUT2D eigenvalue weighted by molar-refractivity contribution is -0.118. The normalized spacial score (nSPS) is 11.1. The molecule has 3 N–H and O–H groups in total. The van der Waals surface area contributed by atoms with E-state index in [1.165, 1.54) is 0 Å². The van der Waals surface area contributed by atoms with E-state index in [0.29, 0.717) is 6.42 Å². The molecule has 0 saturated carbocycles. The number of hydrogen-bond acceptors (Lipinski definition) is 3. The molecule has 0 aromatic rings. The zero-order valence-corrected chi connectivity index (χ0v) is 10.4. The smallest absolute Gasteiger partial charge is 0.217 e. The van der Waals surface area contributed by atoms with Crippen LogP contribution in [0.25, 0.3) is 0 Å². The van der Waals surface area contributed by atoms with E-state index in [4.69, 9.17) is 11.0 Å². The zero-order valence-electron chi connectivity index (χ0n) is 10.4. The van der Waals surface area contributed by atoms with Crippen molar-refractivity contribution in [1.82, 2.24) is 5.32 Å². The molecule has 0 aliphatic carbocycles. The van der Waals surface area contributed by atoms with Crippen molar-refractivity contribution < 1.29 is 4.79 Å². The predicted molar refractivity (Wildman–Crippen MR) is 64.5 cm³/mol.